The zero-order valence-electron chi connectivity index (χ0n) is 7.53. The summed E-state index contributed by atoms with van der Waals surface area (Å²) in [6.45, 7) is 1.25. The minimum atomic E-state index is -4.29. The van der Waals surface area contributed by atoms with E-state index in [1.54, 1.807) is 0 Å². The van der Waals surface area contributed by atoms with Crippen LogP contribution in [0.25, 0.3) is 0 Å². The summed E-state index contributed by atoms with van der Waals surface area (Å²) in [4.78, 5) is 0. The van der Waals surface area contributed by atoms with Crippen molar-refractivity contribution in [2.45, 2.75) is 44.1 Å². The Morgan fingerprint density at radius 3 is 2.62 bits per heavy atom. The highest BCUT2D eigenvalue weighted by molar-refractivity contribution is 4.88. The molecule has 2 N–H and O–H groups in total. The first-order valence-electron chi connectivity index (χ1n) is 4.34. The topological polar surface area (TPSA) is 35.2 Å². The van der Waals surface area contributed by atoms with Crippen molar-refractivity contribution in [3.8, 4) is 0 Å². The van der Waals surface area contributed by atoms with Gasteiger partial charge in [-0.15, -0.1) is 0 Å². The Morgan fingerprint density at radius 1 is 1.54 bits per heavy atom. The molecule has 1 heterocycles. The van der Waals surface area contributed by atoms with E-state index >= 15 is 0 Å². The van der Waals surface area contributed by atoms with Crippen molar-refractivity contribution in [1.82, 2.24) is 0 Å². The largest absolute Gasteiger partial charge is 0.417 e. The predicted octanol–water partition coefficient (Wildman–Crippen LogP) is 1.84. The smallest absolute Gasteiger partial charge is 0.361 e. The van der Waals surface area contributed by atoms with E-state index in [2.05, 4.69) is 0 Å². The molecule has 0 amide bonds. The highest BCUT2D eigenvalue weighted by Gasteiger charge is 2.54. The molecule has 2 unspecified atom stereocenters. The third kappa shape index (κ3) is 2.14. The van der Waals surface area contributed by atoms with Crippen molar-refractivity contribution in [2.75, 3.05) is 6.54 Å². The number of nitrogens with two attached hydrogens (primary N) is 1. The Morgan fingerprint density at radius 2 is 2.15 bits per heavy atom. The second kappa shape index (κ2) is 3.46. The lowest BCUT2D eigenvalue weighted by Gasteiger charge is -2.39. The molecular weight excluding hydrogens is 183 g/mol. The van der Waals surface area contributed by atoms with Gasteiger partial charge in [0.15, 0.2) is 5.60 Å². The van der Waals surface area contributed by atoms with E-state index in [1.807, 2.05) is 0 Å². The van der Waals surface area contributed by atoms with Gasteiger partial charge >= 0.3 is 6.18 Å². The van der Waals surface area contributed by atoms with E-state index in [0.717, 1.165) is 6.92 Å². The molecule has 78 valence electrons. The summed E-state index contributed by atoms with van der Waals surface area (Å²) < 4.78 is 42.3. The summed E-state index contributed by atoms with van der Waals surface area (Å²) in [5.41, 5.74) is 3.28. The van der Waals surface area contributed by atoms with Gasteiger partial charge in [0, 0.05) is 6.54 Å². The maximum absolute atomic E-state index is 12.5. The number of rotatable bonds is 1. The maximum Gasteiger partial charge on any atom is 0.417 e. The van der Waals surface area contributed by atoms with Crippen molar-refractivity contribution in [1.29, 1.82) is 0 Å². The zero-order valence-corrected chi connectivity index (χ0v) is 7.53. The summed E-state index contributed by atoms with van der Waals surface area (Å²) in [6, 6.07) is 0. The van der Waals surface area contributed by atoms with E-state index in [1.165, 1.54) is 0 Å². The number of hydrogen-bond donors (Lipinski definition) is 1. The summed E-state index contributed by atoms with van der Waals surface area (Å²) >= 11 is 0. The van der Waals surface area contributed by atoms with Crippen molar-refractivity contribution in [2.24, 2.45) is 5.73 Å². The molecule has 2 nitrogen and oxygen atoms in total. The molecule has 1 fully saturated rings. The van der Waals surface area contributed by atoms with Crippen LogP contribution in [0.15, 0.2) is 0 Å². The summed E-state index contributed by atoms with van der Waals surface area (Å²) in [6.07, 6.45) is -3.55. The van der Waals surface area contributed by atoms with Crippen molar-refractivity contribution >= 4 is 0 Å². The normalized spacial score (nSPS) is 36.2. The van der Waals surface area contributed by atoms with Gasteiger partial charge in [0.25, 0.3) is 0 Å². The average Bonchev–Trinajstić information content (AvgIpc) is 2.02. The highest BCUT2D eigenvalue weighted by Crippen LogP contribution is 2.41. The Bertz CT molecular complexity index is 183. The number of alkyl halides is 3. The molecule has 1 aliphatic heterocycles. The standard InChI is InChI=1S/C8H14F3NO/c1-7(8(9,10)11)4-2-3-6(5-12)13-7/h6H,2-5,12H2,1H3. The van der Waals surface area contributed by atoms with E-state index in [9.17, 15) is 13.2 Å². The lowest BCUT2D eigenvalue weighted by molar-refractivity contribution is -0.296. The zero-order chi connectivity index (χ0) is 10.1. The Hall–Kier alpha value is -0.290. The fourth-order valence-electron chi connectivity index (χ4n) is 1.53. The van der Waals surface area contributed by atoms with Crippen molar-refractivity contribution < 1.29 is 17.9 Å². The lowest BCUT2D eigenvalue weighted by Crippen LogP contribution is -2.51. The number of hydrogen-bond acceptors (Lipinski definition) is 2. The van der Waals surface area contributed by atoms with Crippen LogP contribution in [-0.2, 0) is 4.74 Å². The molecule has 0 aromatic carbocycles. The average molecular weight is 197 g/mol. The minimum absolute atomic E-state index is 0.0347. The Kier molecular flexibility index (Phi) is 2.87. The molecule has 0 radical (unpaired) electrons. The molecule has 0 saturated carbocycles. The van der Waals surface area contributed by atoms with Crippen LogP contribution in [0.4, 0.5) is 13.2 Å². The maximum atomic E-state index is 12.5. The van der Waals surface area contributed by atoms with Gasteiger partial charge in [-0.05, 0) is 26.2 Å². The van der Waals surface area contributed by atoms with Gasteiger partial charge in [-0.2, -0.15) is 13.2 Å². The molecule has 0 spiro atoms. The molecule has 1 rings (SSSR count). The number of ether oxygens (including phenoxy) is 1. The third-order valence-electron chi connectivity index (χ3n) is 2.47. The fourth-order valence-corrected chi connectivity index (χ4v) is 1.53. The molecule has 5 heteroatoms. The van der Waals surface area contributed by atoms with Gasteiger partial charge < -0.3 is 10.5 Å². The van der Waals surface area contributed by atoms with Gasteiger partial charge in [-0.1, -0.05) is 0 Å². The predicted molar refractivity (Wildman–Crippen MR) is 42.2 cm³/mol. The van der Waals surface area contributed by atoms with Crippen LogP contribution >= 0.6 is 0 Å². The lowest BCUT2D eigenvalue weighted by atomic mass is 9.92. The van der Waals surface area contributed by atoms with E-state index in [4.69, 9.17) is 10.5 Å². The highest BCUT2D eigenvalue weighted by atomic mass is 19.4. The van der Waals surface area contributed by atoms with Crippen LogP contribution in [0.3, 0.4) is 0 Å². The minimum Gasteiger partial charge on any atom is -0.361 e. The monoisotopic (exact) mass is 197 g/mol. The van der Waals surface area contributed by atoms with Crippen LogP contribution < -0.4 is 5.73 Å². The Labute approximate surface area is 75.2 Å². The van der Waals surface area contributed by atoms with Gasteiger partial charge in [-0.25, -0.2) is 0 Å². The van der Waals surface area contributed by atoms with E-state index in [0.29, 0.717) is 12.8 Å². The molecule has 13 heavy (non-hydrogen) atoms. The van der Waals surface area contributed by atoms with Crippen molar-refractivity contribution in [3.63, 3.8) is 0 Å². The third-order valence-corrected chi connectivity index (χ3v) is 2.47. The quantitative estimate of drug-likeness (QED) is 0.696. The molecule has 0 bridgehead atoms. The molecule has 0 aromatic rings. The van der Waals surface area contributed by atoms with E-state index in [-0.39, 0.29) is 13.0 Å². The molecule has 2 atom stereocenters. The molecule has 0 aliphatic carbocycles. The number of halogens is 3. The van der Waals surface area contributed by atoms with Gasteiger partial charge in [0.2, 0.25) is 0 Å². The first kappa shape index (κ1) is 10.8. The van der Waals surface area contributed by atoms with Crippen molar-refractivity contribution in [3.05, 3.63) is 0 Å². The second-order valence-corrected chi connectivity index (χ2v) is 3.60. The Balaban J connectivity index is 2.68. The summed E-state index contributed by atoms with van der Waals surface area (Å²) in [5.74, 6) is 0. The summed E-state index contributed by atoms with van der Waals surface area (Å²) in [5, 5.41) is 0. The second-order valence-electron chi connectivity index (χ2n) is 3.60. The van der Waals surface area contributed by atoms with Crippen LogP contribution in [0.2, 0.25) is 0 Å². The summed E-state index contributed by atoms with van der Waals surface area (Å²) in [7, 11) is 0. The van der Waals surface area contributed by atoms with Crippen LogP contribution in [0.5, 0.6) is 0 Å². The molecular formula is C8H14F3NO. The SMILES string of the molecule is CC1(C(F)(F)F)CCCC(CN)O1. The van der Waals surface area contributed by atoms with Crippen LogP contribution in [-0.4, -0.2) is 24.4 Å². The van der Waals surface area contributed by atoms with E-state index < -0.39 is 17.9 Å². The van der Waals surface area contributed by atoms with Gasteiger partial charge in [0.1, 0.15) is 0 Å². The first-order valence-corrected chi connectivity index (χ1v) is 4.34. The van der Waals surface area contributed by atoms with Gasteiger partial charge in [-0.3, -0.25) is 0 Å². The molecule has 1 aliphatic rings. The molecule has 1 saturated heterocycles. The molecule has 0 aromatic heterocycles. The van der Waals surface area contributed by atoms with Gasteiger partial charge in [0.05, 0.1) is 6.10 Å². The fraction of sp³-hybridized carbons (Fsp3) is 1.00. The van der Waals surface area contributed by atoms with Crippen LogP contribution in [0, 0.1) is 0 Å². The van der Waals surface area contributed by atoms with Crippen LogP contribution in [0.1, 0.15) is 26.2 Å². The first-order chi connectivity index (χ1) is 5.89.